The summed E-state index contributed by atoms with van der Waals surface area (Å²) >= 11 is 0. The topological polar surface area (TPSA) is 74.6 Å². The van der Waals surface area contributed by atoms with Gasteiger partial charge in [-0.05, 0) is 12.1 Å². The van der Waals surface area contributed by atoms with E-state index in [0.717, 1.165) is 19.2 Å². The Morgan fingerprint density at radius 3 is 2.56 bits per heavy atom. The van der Waals surface area contributed by atoms with Crippen molar-refractivity contribution in [3.63, 3.8) is 0 Å². The summed E-state index contributed by atoms with van der Waals surface area (Å²) < 4.78 is 29.7. The van der Waals surface area contributed by atoms with Crippen LogP contribution < -0.4 is 15.6 Å². The lowest BCUT2D eigenvalue weighted by atomic mass is 10.1. The van der Waals surface area contributed by atoms with Crippen molar-refractivity contribution in [3.8, 4) is 0 Å². The summed E-state index contributed by atoms with van der Waals surface area (Å²) in [5.41, 5.74) is -0.502. The Hall–Kier alpha value is -2.48. The number of aromatic nitrogens is 1. The number of alkyl halides is 1. The summed E-state index contributed by atoms with van der Waals surface area (Å²) in [6, 6.07) is 2.10. The van der Waals surface area contributed by atoms with Crippen molar-refractivity contribution < 1.29 is 18.7 Å². The van der Waals surface area contributed by atoms with E-state index in [0.29, 0.717) is 24.3 Å². The fourth-order valence-corrected chi connectivity index (χ4v) is 3.37. The maximum Gasteiger partial charge on any atom is 0.341 e. The summed E-state index contributed by atoms with van der Waals surface area (Å²) in [5, 5.41) is 12.4. The number of fused-ring (bicyclic) bond motifs is 1. The SMILES string of the molecule is O=C(O)c1cn([C@H]2C[C@H]2F)c2cc(N3CCNCC3)c(F)cc2c1=O. The molecule has 25 heavy (non-hydrogen) atoms. The molecular formula is C17H17F2N3O3. The molecule has 0 unspecified atom stereocenters. The number of carboxylic acids is 1. The predicted molar refractivity (Wildman–Crippen MR) is 88.8 cm³/mol. The second-order valence-corrected chi connectivity index (χ2v) is 6.46. The zero-order valence-corrected chi connectivity index (χ0v) is 13.3. The van der Waals surface area contributed by atoms with Crippen molar-refractivity contribution in [2.24, 2.45) is 0 Å². The molecule has 0 bridgehead atoms. The molecule has 132 valence electrons. The lowest BCUT2D eigenvalue weighted by molar-refractivity contribution is 0.0694. The quantitative estimate of drug-likeness (QED) is 0.879. The molecule has 1 saturated carbocycles. The minimum absolute atomic E-state index is 0.0321. The smallest absolute Gasteiger partial charge is 0.341 e. The van der Waals surface area contributed by atoms with E-state index in [1.807, 2.05) is 4.90 Å². The number of anilines is 1. The molecule has 2 heterocycles. The molecule has 2 fully saturated rings. The average molecular weight is 349 g/mol. The van der Waals surface area contributed by atoms with Gasteiger partial charge in [-0.1, -0.05) is 0 Å². The van der Waals surface area contributed by atoms with Gasteiger partial charge in [0.2, 0.25) is 5.43 Å². The Morgan fingerprint density at radius 2 is 1.96 bits per heavy atom. The summed E-state index contributed by atoms with van der Waals surface area (Å²) in [6.07, 6.45) is 0.355. The number of piperazine rings is 1. The van der Waals surface area contributed by atoms with Gasteiger partial charge in [0.25, 0.3) is 0 Å². The van der Waals surface area contributed by atoms with E-state index in [1.165, 1.54) is 16.8 Å². The third-order valence-electron chi connectivity index (χ3n) is 4.83. The number of nitrogens with zero attached hydrogens (tertiary/aromatic N) is 2. The lowest BCUT2D eigenvalue weighted by Crippen LogP contribution is -2.43. The fourth-order valence-electron chi connectivity index (χ4n) is 3.37. The van der Waals surface area contributed by atoms with E-state index in [4.69, 9.17) is 0 Å². The number of carboxylic acid groups (broad SMARTS) is 1. The first-order valence-electron chi connectivity index (χ1n) is 8.19. The molecular weight excluding hydrogens is 332 g/mol. The Kier molecular flexibility index (Phi) is 3.72. The summed E-state index contributed by atoms with van der Waals surface area (Å²) in [6.45, 7) is 2.68. The van der Waals surface area contributed by atoms with Gasteiger partial charge in [0, 0.05) is 44.2 Å². The maximum absolute atomic E-state index is 14.6. The molecule has 2 aliphatic rings. The molecule has 6 nitrogen and oxygen atoms in total. The second-order valence-electron chi connectivity index (χ2n) is 6.46. The Labute approximate surface area is 141 Å². The van der Waals surface area contributed by atoms with Crippen LogP contribution in [-0.2, 0) is 0 Å². The molecule has 2 N–H and O–H groups in total. The highest BCUT2D eigenvalue weighted by atomic mass is 19.1. The van der Waals surface area contributed by atoms with Crippen LogP contribution in [0.2, 0.25) is 0 Å². The molecule has 0 radical (unpaired) electrons. The van der Waals surface area contributed by atoms with E-state index in [-0.39, 0.29) is 11.8 Å². The average Bonchev–Trinajstić information content (AvgIpc) is 3.32. The monoisotopic (exact) mass is 349 g/mol. The van der Waals surface area contributed by atoms with E-state index in [2.05, 4.69) is 5.32 Å². The van der Waals surface area contributed by atoms with Crippen LogP contribution in [0.15, 0.2) is 23.1 Å². The third-order valence-corrected chi connectivity index (χ3v) is 4.83. The Balaban J connectivity index is 1.95. The van der Waals surface area contributed by atoms with Crippen molar-refractivity contribution in [2.45, 2.75) is 18.6 Å². The van der Waals surface area contributed by atoms with Crippen molar-refractivity contribution >= 4 is 22.6 Å². The highest BCUT2D eigenvalue weighted by molar-refractivity contribution is 5.93. The van der Waals surface area contributed by atoms with Crippen molar-refractivity contribution in [3.05, 3.63) is 39.9 Å². The molecule has 1 aliphatic heterocycles. The zero-order valence-electron chi connectivity index (χ0n) is 13.3. The van der Waals surface area contributed by atoms with Gasteiger partial charge < -0.3 is 19.9 Å². The predicted octanol–water partition coefficient (Wildman–Crippen LogP) is 1.53. The largest absolute Gasteiger partial charge is 0.477 e. The third kappa shape index (κ3) is 2.66. The Bertz CT molecular complexity index is 921. The Morgan fingerprint density at radius 1 is 1.28 bits per heavy atom. The van der Waals surface area contributed by atoms with Gasteiger partial charge in [0.15, 0.2) is 0 Å². The van der Waals surface area contributed by atoms with Gasteiger partial charge in [-0.15, -0.1) is 0 Å². The normalized spacial score (nSPS) is 23.0. The zero-order chi connectivity index (χ0) is 17.7. The number of rotatable bonds is 3. The van der Waals surface area contributed by atoms with Crippen LogP contribution in [0.3, 0.4) is 0 Å². The van der Waals surface area contributed by atoms with Gasteiger partial charge in [0.05, 0.1) is 17.2 Å². The number of carbonyl (C=O) groups is 1. The minimum Gasteiger partial charge on any atom is -0.477 e. The molecule has 0 amide bonds. The van der Waals surface area contributed by atoms with Crippen molar-refractivity contribution in [1.82, 2.24) is 9.88 Å². The number of nitrogens with one attached hydrogen (secondary N) is 1. The summed E-state index contributed by atoms with van der Waals surface area (Å²) in [4.78, 5) is 25.6. The highest BCUT2D eigenvalue weighted by Gasteiger charge is 2.40. The van der Waals surface area contributed by atoms with Crippen molar-refractivity contribution in [1.29, 1.82) is 0 Å². The molecule has 1 saturated heterocycles. The van der Waals surface area contributed by atoms with E-state index >= 15 is 0 Å². The van der Waals surface area contributed by atoms with Crippen LogP contribution in [0, 0.1) is 5.82 Å². The molecule has 2 atom stereocenters. The van der Waals surface area contributed by atoms with Crippen molar-refractivity contribution in [2.75, 3.05) is 31.1 Å². The first-order chi connectivity index (χ1) is 12.0. The number of hydrogen-bond acceptors (Lipinski definition) is 4. The number of pyridine rings is 1. The van der Waals surface area contributed by atoms with Gasteiger partial charge in [-0.2, -0.15) is 0 Å². The maximum atomic E-state index is 14.6. The van der Waals surface area contributed by atoms with Gasteiger partial charge in [-0.3, -0.25) is 4.79 Å². The lowest BCUT2D eigenvalue weighted by Gasteiger charge is -2.30. The van der Waals surface area contributed by atoms with Crippen LogP contribution in [0.25, 0.3) is 10.9 Å². The highest BCUT2D eigenvalue weighted by Crippen LogP contribution is 2.41. The van der Waals surface area contributed by atoms with Gasteiger partial charge in [-0.25, -0.2) is 13.6 Å². The standard InChI is InChI=1S/C17H17F2N3O3/c18-11-5-9-13(7-14(11)21-3-1-20-2-4-21)22(15-6-12(15)19)8-10(16(9)23)17(24)25/h5,7-8,12,15,20H,1-4,6H2,(H,24,25)/t12-,15+/m1/s1. The molecule has 1 aromatic heterocycles. The van der Waals surface area contributed by atoms with Crippen LogP contribution in [0.5, 0.6) is 0 Å². The molecule has 4 rings (SSSR count). The number of halogens is 2. The molecule has 1 aromatic carbocycles. The van der Waals surface area contributed by atoms with Gasteiger partial charge in [0.1, 0.15) is 17.6 Å². The fraction of sp³-hybridized carbons (Fsp3) is 0.412. The van der Waals surface area contributed by atoms with E-state index in [9.17, 15) is 23.5 Å². The van der Waals surface area contributed by atoms with E-state index in [1.54, 1.807) is 0 Å². The first kappa shape index (κ1) is 16.0. The number of aromatic carboxylic acids is 1. The number of benzene rings is 1. The van der Waals surface area contributed by atoms with Crippen LogP contribution >= 0.6 is 0 Å². The van der Waals surface area contributed by atoms with Crippen LogP contribution in [0.1, 0.15) is 22.8 Å². The van der Waals surface area contributed by atoms with Gasteiger partial charge >= 0.3 is 5.97 Å². The molecule has 0 spiro atoms. The first-order valence-corrected chi connectivity index (χ1v) is 8.19. The summed E-state index contributed by atoms with van der Waals surface area (Å²) in [7, 11) is 0. The second kappa shape index (κ2) is 5.80. The minimum atomic E-state index is -1.40. The molecule has 8 heteroatoms. The molecule has 2 aromatic rings. The van der Waals surface area contributed by atoms with Crippen LogP contribution in [0.4, 0.5) is 14.5 Å². The number of hydrogen-bond donors (Lipinski definition) is 2. The van der Waals surface area contributed by atoms with E-state index < -0.39 is 35.0 Å². The van der Waals surface area contributed by atoms with Crippen LogP contribution in [-0.4, -0.2) is 48.0 Å². The molecule has 1 aliphatic carbocycles. The summed E-state index contributed by atoms with van der Waals surface area (Å²) in [5.74, 6) is -1.98.